The predicted octanol–water partition coefficient (Wildman–Crippen LogP) is 4.01. The highest BCUT2D eigenvalue weighted by molar-refractivity contribution is 7.15. The van der Waals surface area contributed by atoms with Gasteiger partial charge in [-0.05, 0) is 42.9 Å². The smallest absolute Gasteiger partial charge is 0.254 e. The van der Waals surface area contributed by atoms with Gasteiger partial charge < -0.3 is 4.98 Å². The van der Waals surface area contributed by atoms with Crippen molar-refractivity contribution < 1.29 is 0 Å². The molecule has 1 saturated carbocycles. The molecule has 2 aliphatic rings. The van der Waals surface area contributed by atoms with Crippen molar-refractivity contribution in [3.05, 3.63) is 74.8 Å². The highest BCUT2D eigenvalue weighted by atomic mass is 32.1. The van der Waals surface area contributed by atoms with E-state index in [0.717, 1.165) is 55.5 Å². The third-order valence-corrected chi connectivity index (χ3v) is 6.60. The lowest BCUT2D eigenvalue weighted by atomic mass is 10.1. The van der Waals surface area contributed by atoms with E-state index in [4.69, 9.17) is 4.98 Å². The van der Waals surface area contributed by atoms with Gasteiger partial charge in [-0.1, -0.05) is 30.3 Å². The van der Waals surface area contributed by atoms with Crippen LogP contribution < -0.4 is 5.56 Å². The van der Waals surface area contributed by atoms with Crippen molar-refractivity contribution >= 4 is 11.3 Å². The minimum Gasteiger partial charge on any atom is -0.310 e. The topological polar surface area (TPSA) is 49.0 Å². The Labute approximate surface area is 162 Å². The number of rotatable bonds is 5. The Morgan fingerprint density at radius 2 is 2.00 bits per heavy atom. The van der Waals surface area contributed by atoms with Gasteiger partial charge in [0.2, 0.25) is 0 Å². The summed E-state index contributed by atoms with van der Waals surface area (Å²) in [5, 5.41) is 0. The van der Waals surface area contributed by atoms with Gasteiger partial charge in [-0.15, -0.1) is 11.3 Å². The molecule has 1 aromatic carbocycles. The Morgan fingerprint density at radius 3 is 2.81 bits per heavy atom. The molecule has 0 unspecified atom stereocenters. The fourth-order valence-corrected chi connectivity index (χ4v) is 4.87. The molecule has 138 valence electrons. The van der Waals surface area contributed by atoms with Crippen LogP contribution in [0.2, 0.25) is 0 Å². The third kappa shape index (κ3) is 3.75. The molecule has 1 aliphatic heterocycles. The van der Waals surface area contributed by atoms with Gasteiger partial charge in [-0.25, -0.2) is 4.98 Å². The normalized spacial score (nSPS) is 17.0. The zero-order valence-electron chi connectivity index (χ0n) is 15.3. The molecule has 5 rings (SSSR count). The quantitative estimate of drug-likeness (QED) is 0.731. The number of benzene rings is 1. The standard InChI is InChI=1S/C22H23N3OS/c26-22-18-10-11-25(14-19(18)23-21(24-22)12-15-6-7-15)13-17-8-9-20(27-17)16-4-2-1-3-5-16/h1-5,8-9,15H,6-7,10-14H2,(H,23,24,26). The van der Waals surface area contributed by atoms with E-state index in [9.17, 15) is 4.79 Å². The molecule has 0 atom stereocenters. The van der Waals surface area contributed by atoms with Gasteiger partial charge in [-0.3, -0.25) is 9.69 Å². The summed E-state index contributed by atoms with van der Waals surface area (Å²) in [6.07, 6.45) is 4.26. The first-order valence-electron chi connectivity index (χ1n) is 9.72. The molecule has 1 N–H and O–H groups in total. The summed E-state index contributed by atoms with van der Waals surface area (Å²) in [6.45, 7) is 2.61. The van der Waals surface area contributed by atoms with Crippen LogP contribution in [0.3, 0.4) is 0 Å². The van der Waals surface area contributed by atoms with Crippen molar-refractivity contribution in [2.24, 2.45) is 5.92 Å². The highest BCUT2D eigenvalue weighted by Gasteiger charge is 2.25. The van der Waals surface area contributed by atoms with E-state index in [-0.39, 0.29) is 5.56 Å². The van der Waals surface area contributed by atoms with Crippen molar-refractivity contribution in [3.8, 4) is 10.4 Å². The Kier molecular flexibility index (Phi) is 4.42. The number of hydrogen-bond donors (Lipinski definition) is 1. The molecule has 27 heavy (non-hydrogen) atoms. The summed E-state index contributed by atoms with van der Waals surface area (Å²) in [6, 6.07) is 15.0. The van der Waals surface area contributed by atoms with Crippen LogP contribution in [0.25, 0.3) is 10.4 Å². The van der Waals surface area contributed by atoms with Gasteiger partial charge in [0.1, 0.15) is 5.82 Å². The number of aromatic nitrogens is 2. The number of thiophene rings is 1. The number of fused-ring (bicyclic) bond motifs is 1. The molecule has 0 amide bonds. The van der Waals surface area contributed by atoms with Crippen LogP contribution in [-0.2, 0) is 25.9 Å². The molecule has 1 aliphatic carbocycles. The van der Waals surface area contributed by atoms with Crippen molar-refractivity contribution in [3.63, 3.8) is 0 Å². The first-order chi connectivity index (χ1) is 13.2. The lowest BCUT2D eigenvalue weighted by Gasteiger charge is -2.27. The Morgan fingerprint density at radius 1 is 1.15 bits per heavy atom. The van der Waals surface area contributed by atoms with Crippen molar-refractivity contribution in [2.45, 2.75) is 38.8 Å². The number of hydrogen-bond acceptors (Lipinski definition) is 4. The number of nitrogens with one attached hydrogen (secondary N) is 1. The molecular formula is C22H23N3OS. The fourth-order valence-electron chi connectivity index (χ4n) is 3.81. The van der Waals surface area contributed by atoms with E-state index in [1.165, 1.54) is 28.2 Å². The van der Waals surface area contributed by atoms with Crippen LogP contribution in [0.4, 0.5) is 0 Å². The van der Waals surface area contributed by atoms with Gasteiger partial charge in [0.15, 0.2) is 0 Å². The second-order valence-electron chi connectivity index (χ2n) is 7.68. The SMILES string of the molecule is O=c1[nH]c(CC2CC2)nc2c1CCN(Cc1ccc(-c3ccccc3)s1)C2. The van der Waals surface area contributed by atoms with Crippen molar-refractivity contribution in [2.75, 3.05) is 6.54 Å². The van der Waals surface area contributed by atoms with E-state index in [1.807, 2.05) is 11.3 Å². The summed E-state index contributed by atoms with van der Waals surface area (Å²) in [4.78, 5) is 25.3. The molecule has 0 radical (unpaired) electrons. The first kappa shape index (κ1) is 16.9. The second-order valence-corrected chi connectivity index (χ2v) is 8.85. The summed E-state index contributed by atoms with van der Waals surface area (Å²) in [5.74, 6) is 1.61. The maximum atomic E-state index is 12.4. The predicted molar refractivity (Wildman–Crippen MR) is 109 cm³/mol. The van der Waals surface area contributed by atoms with Crippen LogP contribution in [0.5, 0.6) is 0 Å². The zero-order valence-corrected chi connectivity index (χ0v) is 16.1. The lowest BCUT2D eigenvalue weighted by Crippen LogP contribution is -2.35. The van der Waals surface area contributed by atoms with E-state index in [1.54, 1.807) is 0 Å². The minimum absolute atomic E-state index is 0.0813. The minimum atomic E-state index is 0.0813. The van der Waals surface area contributed by atoms with Gasteiger partial charge in [0, 0.05) is 41.4 Å². The van der Waals surface area contributed by atoms with E-state index >= 15 is 0 Å². The molecule has 0 saturated heterocycles. The van der Waals surface area contributed by atoms with E-state index in [0.29, 0.717) is 0 Å². The van der Waals surface area contributed by atoms with Crippen LogP contribution in [0.15, 0.2) is 47.3 Å². The average molecular weight is 378 g/mol. The van der Waals surface area contributed by atoms with Crippen LogP contribution >= 0.6 is 11.3 Å². The van der Waals surface area contributed by atoms with Gasteiger partial charge >= 0.3 is 0 Å². The summed E-state index contributed by atoms with van der Waals surface area (Å²) < 4.78 is 0. The number of nitrogens with zero attached hydrogens (tertiary/aromatic N) is 2. The fraction of sp³-hybridized carbons (Fsp3) is 0.364. The van der Waals surface area contributed by atoms with Crippen molar-refractivity contribution in [1.29, 1.82) is 0 Å². The number of aromatic amines is 1. The Balaban J connectivity index is 1.31. The van der Waals surface area contributed by atoms with E-state index < -0.39 is 0 Å². The van der Waals surface area contributed by atoms with Crippen molar-refractivity contribution in [1.82, 2.24) is 14.9 Å². The molecule has 3 aromatic rings. The van der Waals surface area contributed by atoms with Gasteiger partial charge in [0.05, 0.1) is 5.69 Å². The average Bonchev–Trinajstić information content (AvgIpc) is 3.37. The monoisotopic (exact) mass is 377 g/mol. The summed E-state index contributed by atoms with van der Waals surface area (Å²) >= 11 is 1.85. The van der Waals surface area contributed by atoms with Gasteiger partial charge in [-0.2, -0.15) is 0 Å². The second kappa shape index (κ2) is 7.06. The maximum absolute atomic E-state index is 12.4. The molecule has 2 aromatic heterocycles. The summed E-state index contributed by atoms with van der Waals surface area (Å²) in [7, 11) is 0. The van der Waals surface area contributed by atoms with E-state index in [2.05, 4.69) is 52.3 Å². The first-order valence-corrected chi connectivity index (χ1v) is 10.5. The Hall–Kier alpha value is -2.24. The molecule has 1 fully saturated rings. The van der Waals surface area contributed by atoms with Crippen LogP contribution in [0.1, 0.15) is 34.8 Å². The molecule has 0 spiro atoms. The summed E-state index contributed by atoms with van der Waals surface area (Å²) in [5.41, 5.74) is 3.23. The number of H-pyrrole nitrogens is 1. The van der Waals surface area contributed by atoms with Crippen LogP contribution in [0, 0.1) is 5.92 Å². The Bertz CT molecular complexity index is 1000. The molecule has 0 bridgehead atoms. The molecule has 4 nitrogen and oxygen atoms in total. The van der Waals surface area contributed by atoms with Crippen LogP contribution in [-0.4, -0.2) is 21.4 Å². The molecular weight excluding hydrogens is 354 g/mol. The zero-order chi connectivity index (χ0) is 18.2. The van der Waals surface area contributed by atoms with Gasteiger partial charge in [0.25, 0.3) is 5.56 Å². The lowest BCUT2D eigenvalue weighted by molar-refractivity contribution is 0.242. The molecule has 3 heterocycles. The highest BCUT2D eigenvalue weighted by Crippen LogP contribution is 2.32. The largest absolute Gasteiger partial charge is 0.310 e. The maximum Gasteiger partial charge on any atom is 0.254 e. The third-order valence-electron chi connectivity index (χ3n) is 5.48. The molecule has 5 heteroatoms.